The van der Waals surface area contributed by atoms with Gasteiger partial charge in [0.15, 0.2) is 6.61 Å². The molecule has 0 spiro atoms. The molecule has 2 heterocycles. The average Bonchev–Trinajstić information content (AvgIpc) is 3.10. The van der Waals surface area contributed by atoms with E-state index in [0.717, 1.165) is 25.7 Å². The van der Waals surface area contributed by atoms with Gasteiger partial charge in [-0.15, -0.1) is 11.8 Å². The molecule has 0 radical (unpaired) electrons. The summed E-state index contributed by atoms with van der Waals surface area (Å²) in [5, 5.41) is 12.1. The molecule has 0 aromatic carbocycles. The Morgan fingerprint density at radius 3 is 2.76 bits per heavy atom. The van der Waals surface area contributed by atoms with Crippen LogP contribution in [-0.4, -0.2) is 51.5 Å². The van der Waals surface area contributed by atoms with Gasteiger partial charge in [-0.2, -0.15) is 5.26 Å². The lowest BCUT2D eigenvalue weighted by Crippen LogP contribution is -2.51. The number of fused-ring (bicyclic) bond motifs is 1. The van der Waals surface area contributed by atoms with Gasteiger partial charge in [0.2, 0.25) is 5.91 Å². The summed E-state index contributed by atoms with van der Waals surface area (Å²) < 4.78 is 5.15. The highest BCUT2D eigenvalue weighted by atomic mass is 32.2. The largest absolute Gasteiger partial charge is 0.454 e. The number of esters is 1. The van der Waals surface area contributed by atoms with E-state index in [2.05, 4.69) is 11.4 Å². The molecule has 7 nitrogen and oxygen atoms in total. The molecule has 1 saturated carbocycles. The zero-order chi connectivity index (χ0) is 18.1. The summed E-state index contributed by atoms with van der Waals surface area (Å²) >= 11 is 1.58. The van der Waals surface area contributed by atoms with Gasteiger partial charge in [0, 0.05) is 12.2 Å². The van der Waals surface area contributed by atoms with Gasteiger partial charge < -0.3 is 15.0 Å². The van der Waals surface area contributed by atoms with E-state index in [1.807, 2.05) is 6.92 Å². The monoisotopic (exact) mass is 365 g/mol. The fourth-order valence-corrected chi connectivity index (χ4v) is 5.37. The molecule has 136 valence electrons. The van der Waals surface area contributed by atoms with Crippen molar-refractivity contribution < 1.29 is 19.1 Å². The van der Waals surface area contributed by atoms with E-state index in [-0.39, 0.29) is 10.8 Å². The second-order valence-electron chi connectivity index (χ2n) is 7.18. The number of carbonyl (C=O) groups is 3. The fraction of sp³-hybridized carbons (Fsp3) is 0.765. The van der Waals surface area contributed by atoms with E-state index in [0.29, 0.717) is 25.0 Å². The van der Waals surface area contributed by atoms with Crippen LogP contribution in [0.2, 0.25) is 0 Å². The molecule has 2 aliphatic heterocycles. The molecule has 1 N–H and O–H groups in total. The number of nitrogens with one attached hydrogen (secondary N) is 1. The van der Waals surface area contributed by atoms with Gasteiger partial charge in [-0.1, -0.05) is 19.3 Å². The van der Waals surface area contributed by atoms with Crippen LogP contribution in [0.25, 0.3) is 0 Å². The standard InChI is InChI=1S/C17H23N3O4S/c1-16-8-5-14(22)20(16)12(10-25-16)15(23)24-9-13(21)19-17(11-18)6-3-2-4-7-17/h12H,2-10H2,1H3,(H,19,21)/t12-,16-/m0/s1. The van der Waals surface area contributed by atoms with Crippen molar-refractivity contribution in [3.8, 4) is 6.07 Å². The first-order valence-corrected chi connectivity index (χ1v) is 9.73. The van der Waals surface area contributed by atoms with Gasteiger partial charge in [0.25, 0.3) is 5.91 Å². The Bertz CT molecular complexity index is 626. The predicted molar refractivity (Wildman–Crippen MR) is 91.3 cm³/mol. The van der Waals surface area contributed by atoms with E-state index in [1.54, 1.807) is 16.7 Å². The van der Waals surface area contributed by atoms with Crippen molar-refractivity contribution in [3.63, 3.8) is 0 Å². The van der Waals surface area contributed by atoms with Crippen molar-refractivity contribution in [2.24, 2.45) is 0 Å². The van der Waals surface area contributed by atoms with E-state index in [9.17, 15) is 19.6 Å². The minimum atomic E-state index is -0.839. The summed E-state index contributed by atoms with van der Waals surface area (Å²) in [6, 6.07) is 1.58. The number of amides is 2. The van der Waals surface area contributed by atoms with Crippen LogP contribution < -0.4 is 5.32 Å². The van der Waals surface area contributed by atoms with Crippen LogP contribution in [0.1, 0.15) is 51.9 Å². The summed E-state index contributed by atoms with van der Waals surface area (Å²) in [6.45, 7) is 1.55. The van der Waals surface area contributed by atoms with Crippen molar-refractivity contribution in [3.05, 3.63) is 0 Å². The molecule has 3 fully saturated rings. The first kappa shape index (κ1) is 18.1. The molecule has 2 atom stereocenters. The van der Waals surface area contributed by atoms with Crippen LogP contribution in [0.4, 0.5) is 0 Å². The zero-order valence-corrected chi connectivity index (χ0v) is 15.2. The molecule has 0 unspecified atom stereocenters. The van der Waals surface area contributed by atoms with E-state index >= 15 is 0 Å². The van der Waals surface area contributed by atoms with Crippen LogP contribution in [0, 0.1) is 11.3 Å². The van der Waals surface area contributed by atoms with Crippen molar-refractivity contribution in [2.45, 2.75) is 68.3 Å². The maximum Gasteiger partial charge on any atom is 0.330 e. The van der Waals surface area contributed by atoms with Gasteiger partial charge in [-0.25, -0.2) is 4.79 Å². The maximum atomic E-state index is 12.3. The molecule has 0 aromatic rings. The zero-order valence-electron chi connectivity index (χ0n) is 14.4. The third kappa shape index (κ3) is 3.47. The van der Waals surface area contributed by atoms with E-state index < -0.39 is 30.1 Å². The first-order chi connectivity index (χ1) is 11.9. The number of hydrogen-bond acceptors (Lipinski definition) is 6. The molecular formula is C17H23N3O4S. The first-order valence-electron chi connectivity index (χ1n) is 8.74. The van der Waals surface area contributed by atoms with Gasteiger partial charge in [-0.3, -0.25) is 9.59 Å². The Hall–Kier alpha value is -1.75. The van der Waals surface area contributed by atoms with Crippen molar-refractivity contribution >= 4 is 29.5 Å². The highest BCUT2D eigenvalue weighted by Crippen LogP contribution is 2.47. The highest BCUT2D eigenvalue weighted by molar-refractivity contribution is 8.01. The lowest BCUT2D eigenvalue weighted by Gasteiger charge is -2.31. The molecule has 25 heavy (non-hydrogen) atoms. The second kappa shape index (κ2) is 6.87. The van der Waals surface area contributed by atoms with Gasteiger partial charge >= 0.3 is 5.97 Å². The molecule has 2 amide bonds. The predicted octanol–water partition coefficient (Wildman–Crippen LogP) is 1.33. The third-order valence-corrected chi connectivity index (χ3v) is 6.87. The molecule has 3 aliphatic rings. The number of hydrogen-bond donors (Lipinski definition) is 1. The molecule has 8 heteroatoms. The van der Waals surface area contributed by atoms with Crippen LogP contribution >= 0.6 is 11.8 Å². The van der Waals surface area contributed by atoms with Crippen molar-refractivity contribution in [1.82, 2.24) is 10.2 Å². The Labute approximate surface area is 151 Å². The maximum absolute atomic E-state index is 12.3. The summed E-state index contributed by atoms with van der Waals surface area (Å²) in [6.07, 6.45) is 5.30. The Morgan fingerprint density at radius 1 is 1.36 bits per heavy atom. The molecule has 3 rings (SSSR count). The van der Waals surface area contributed by atoms with Crippen LogP contribution in [0.3, 0.4) is 0 Å². The number of thioether (sulfide) groups is 1. The molecule has 0 aromatic heterocycles. The number of nitriles is 1. The quantitative estimate of drug-likeness (QED) is 0.755. The Balaban J connectivity index is 1.53. The minimum absolute atomic E-state index is 0.0375. The number of rotatable bonds is 4. The smallest absolute Gasteiger partial charge is 0.330 e. The average molecular weight is 365 g/mol. The highest BCUT2D eigenvalue weighted by Gasteiger charge is 2.53. The summed E-state index contributed by atoms with van der Waals surface area (Å²) in [5.74, 6) is -0.552. The van der Waals surface area contributed by atoms with Gasteiger partial charge in [0.05, 0.1) is 10.9 Å². The fourth-order valence-electron chi connectivity index (χ4n) is 3.95. The van der Waals surface area contributed by atoms with E-state index in [4.69, 9.17) is 4.74 Å². The normalized spacial score (nSPS) is 30.5. The van der Waals surface area contributed by atoms with Crippen molar-refractivity contribution in [1.29, 1.82) is 5.26 Å². The van der Waals surface area contributed by atoms with Crippen LogP contribution in [0.15, 0.2) is 0 Å². The molecular weight excluding hydrogens is 342 g/mol. The Morgan fingerprint density at radius 2 is 2.08 bits per heavy atom. The topological polar surface area (TPSA) is 99.5 Å². The lowest BCUT2D eigenvalue weighted by atomic mass is 9.83. The third-order valence-electron chi connectivity index (χ3n) is 5.36. The number of carbonyl (C=O) groups excluding carboxylic acids is 3. The number of ether oxygens (including phenoxy) is 1. The van der Waals surface area contributed by atoms with Gasteiger partial charge in [-0.05, 0) is 26.2 Å². The summed E-state index contributed by atoms with van der Waals surface area (Å²) in [4.78, 5) is 37.8. The van der Waals surface area contributed by atoms with E-state index in [1.165, 1.54) is 0 Å². The minimum Gasteiger partial charge on any atom is -0.454 e. The number of nitrogens with zero attached hydrogens (tertiary/aromatic N) is 2. The summed E-state index contributed by atoms with van der Waals surface area (Å²) in [7, 11) is 0. The summed E-state index contributed by atoms with van der Waals surface area (Å²) in [5.41, 5.74) is -0.839. The second-order valence-corrected chi connectivity index (χ2v) is 8.68. The Kier molecular flexibility index (Phi) is 4.96. The SMILES string of the molecule is C[C@]12CCC(=O)N1[C@H](C(=O)OCC(=O)NC1(C#N)CCCCC1)CS2. The van der Waals surface area contributed by atoms with Crippen molar-refractivity contribution in [2.75, 3.05) is 12.4 Å². The van der Waals surface area contributed by atoms with Gasteiger partial charge in [0.1, 0.15) is 11.6 Å². The molecule has 2 saturated heterocycles. The molecule has 0 bridgehead atoms. The van der Waals surface area contributed by atoms with Crippen LogP contribution in [0.5, 0.6) is 0 Å². The molecule has 1 aliphatic carbocycles. The lowest BCUT2D eigenvalue weighted by molar-refractivity contribution is -0.156. The van der Waals surface area contributed by atoms with Crippen LogP contribution in [-0.2, 0) is 19.1 Å².